The van der Waals surface area contributed by atoms with Crippen molar-refractivity contribution in [3.05, 3.63) is 134 Å². The minimum Gasteiger partial charge on any atom is -0.756 e. The summed E-state index contributed by atoms with van der Waals surface area (Å²) in [6.07, 6.45) is 91.4. The molecule has 0 heterocycles. The Hall–Kier alpha value is -3.85. The second-order valence-corrected chi connectivity index (χ2v) is 25.7. The molecule has 0 aromatic carbocycles. The van der Waals surface area contributed by atoms with Gasteiger partial charge < -0.3 is 28.5 Å². The number of carbonyl (C=O) groups excluding carboxylic acids is 2. The average molecular weight is 1220 g/mol. The molecule has 0 aromatic rings. The molecule has 0 bridgehead atoms. The zero-order valence-electron chi connectivity index (χ0n) is 56.2. The molecule has 0 aliphatic carbocycles. The number of allylic oxidation sites excluding steroid dienone is 21. The van der Waals surface area contributed by atoms with Gasteiger partial charge in [0, 0.05) is 12.8 Å². The number of quaternary nitrogens is 1. The van der Waals surface area contributed by atoms with Crippen molar-refractivity contribution >= 4 is 19.7 Å². The lowest BCUT2D eigenvalue weighted by molar-refractivity contribution is -0.870. The van der Waals surface area contributed by atoms with Gasteiger partial charge in [-0.15, -0.1) is 0 Å². The molecule has 0 saturated carbocycles. The Balaban J connectivity index is 5.18. The summed E-state index contributed by atoms with van der Waals surface area (Å²) < 4.78 is 30.4. The van der Waals surface area contributed by atoms with Gasteiger partial charge in [-0.25, -0.2) is 0 Å². The van der Waals surface area contributed by atoms with Crippen LogP contribution in [-0.4, -0.2) is 69.4 Å². The lowest BCUT2D eigenvalue weighted by atomic mass is 10.0. The fraction of sp³-hybridized carbons (Fsp3) is 0.684. The Morgan fingerprint density at radius 2 is 0.744 bits per heavy atom. The number of unbranched alkanes of at least 4 members (excludes halogenated alkanes) is 26. The van der Waals surface area contributed by atoms with Crippen molar-refractivity contribution < 1.29 is 37.3 Å². The van der Waals surface area contributed by atoms with E-state index in [-0.39, 0.29) is 24.9 Å². The zero-order chi connectivity index (χ0) is 62.8. The molecule has 0 saturated heterocycles. The summed E-state index contributed by atoms with van der Waals surface area (Å²) in [6.45, 7) is 6.68. The average Bonchev–Trinajstić information content (AvgIpc) is 3.69. The van der Waals surface area contributed by atoms with Gasteiger partial charge in [0.1, 0.15) is 19.3 Å². The monoisotopic (exact) mass is 1210 g/mol. The number of esters is 1. The van der Waals surface area contributed by atoms with E-state index in [1.807, 2.05) is 33.3 Å². The first-order chi connectivity index (χ1) is 41.9. The van der Waals surface area contributed by atoms with E-state index < -0.39 is 26.6 Å². The van der Waals surface area contributed by atoms with E-state index in [9.17, 15) is 19.0 Å². The number of amides is 1. The molecule has 10 heteroatoms. The Morgan fingerprint density at radius 1 is 0.419 bits per heavy atom. The topological polar surface area (TPSA) is 114 Å². The molecule has 3 atom stereocenters. The number of carbonyl (C=O) groups is 2. The fourth-order valence-electron chi connectivity index (χ4n) is 9.45. The molecule has 0 fully saturated rings. The number of nitrogens with one attached hydrogen (secondary N) is 1. The number of nitrogens with zero attached hydrogens (tertiary/aromatic N) is 1. The number of likely N-dealkylation sites (N-methyl/N-ethyl adjacent to an activating group) is 1. The standard InChI is InChI=1S/C76H131N2O7P/c1-7-10-13-16-19-22-25-28-30-32-34-36-38-39-41-42-44-46-48-50-53-56-59-62-65-68-75(79)77-73(72-84-86(81,82)83-71-70-78(4,5)6)74(67-64-61-58-55-52-27-24-21-18-15-12-9-3)85-76(80)69-66-63-60-57-54-51-49-47-45-43-40-37-35-33-31-29-26-23-20-17-14-11-8-2/h11,14,19-20,22-23,28-31,34-37,39,41,43,45,49,51,64,67,73-74H,7-10,12-13,15-18,21,24-27,32-33,38,40,42,44,46-48,50,52-63,65-66,68-72H2,1-6H3,(H-,77,79,81,82)/b14-11-,22-19-,23-20-,30-28-,31-29-,36-34-,37-35-,41-39-,45-43-,51-49-,67-64+. The lowest BCUT2D eigenvalue weighted by Gasteiger charge is -2.30. The summed E-state index contributed by atoms with van der Waals surface area (Å²) in [5, 5.41) is 3.03. The van der Waals surface area contributed by atoms with Crippen molar-refractivity contribution in [2.24, 2.45) is 0 Å². The van der Waals surface area contributed by atoms with Crippen LogP contribution in [0.25, 0.3) is 0 Å². The highest BCUT2D eigenvalue weighted by molar-refractivity contribution is 7.45. The van der Waals surface area contributed by atoms with Crippen LogP contribution in [0.1, 0.15) is 284 Å². The maximum atomic E-state index is 13.6. The summed E-state index contributed by atoms with van der Waals surface area (Å²) >= 11 is 0. The van der Waals surface area contributed by atoms with Gasteiger partial charge in [0.05, 0.1) is 33.8 Å². The van der Waals surface area contributed by atoms with Crippen LogP contribution in [0.2, 0.25) is 0 Å². The zero-order valence-corrected chi connectivity index (χ0v) is 57.1. The van der Waals surface area contributed by atoms with Crippen molar-refractivity contribution in [1.29, 1.82) is 0 Å². The Bertz CT molecular complexity index is 1930. The van der Waals surface area contributed by atoms with Crippen molar-refractivity contribution in [2.45, 2.75) is 296 Å². The highest BCUT2D eigenvalue weighted by Gasteiger charge is 2.27. The number of hydrogen-bond donors (Lipinski definition) is 1. The molecule has 0 rings (SSSR count). The van der Waals surface area contributed by atoms with Crippen LogP contribution in [0, 0.1) is 0 Å². The number of rotatable bonds is 62. The first kappa shape index (κ1) is 82.1. The molecule has 492 valence electrons. The third kappa shape index (κ3) is 64.6. The van der Waals surface area contributed by atoms with Gasteiger partial charge in [-0.3, -0.25) is 14.2 Å². The third-order valence-corrected chi connectivity index (χ3v) is 15.8. The van der Waals surface area contributed by atoms with Crippen LogP contribution >= 0.6 is 7.82 Å². The van der Waals surface area contributed by atoms with E-state index >= 15 is 0 Å². The summed E-state index contributed by atoms with van der Waals surface area (Å²) in [6, 6.07) is -0.913. The van der Waals surface area contributed by atoms with Crippen LogP contribution in [0.5, 0.6) is 0 Å². The number of phosphoric acid groups is 1. The molecular weight excluding hydrogens is 1080 g/mol. The summed E-state index contributed by atoms with van der Waals surface area (Å²) in [4.78, 5) is 40.2. The van der Waals surface area contributed by atoms with Gasteiger partial charge in [0.15, 0.2) is 0 Å². The minimum atomic E-state index is -4.72. The smallest absolute Gasteiger partial charge is 0.306 e. The lowest BCUT2D eigenvalue weighted by Crippen LogP contribution is -2.47. The van der Waals surface area contributed by atoms with Crippen LogP contribution in [-0.2, 0) is 27.9 Å². The summed E-state index contributed by atoms with van der Waals surface area (Å²) in [5.41, 5.74) is 0. The molecule has 86 heavy (non-hydrogen) atoms. The number of ether oxygens (including phenoxy) is 1. The normalized spacial score (nSPS) is 14.4. The van der Waals surface area contributed by atoms with E-state index in [0.717, 1.165) is 135 Å². The van der Waals surface area contributed by atoms with E-state index in [2.05, 4.69) is 148 Å². The van der Waals surface area contributed by atoms with Gasteiger partial charge in [-0.1, -0.05) is 277 Å². The summed E-state index contributed by atoms with van der Waals surface area (Å²) in [5.74, 6) is -0.582. The minimum absolute atomic E-state index is 0.0351. The van der Waals surface area contributed by atoms with Gasteiger partial charge in [0.25, 0.3) is 7.82 Å². The molecule has 1 amide bonds. The second-order valence-electron chi connectivity index (χ2n) is 24.3. The van der Waals surface area contributed by atoms with Crippen molar-refractivity contribution in [3.8, 4) is 0 Å². The summed E-state index contributed by atoms with van der Waals surface area (Å²) in [7, 11) is 1.15. The largest absolute Gasteiger partial charge is 0.756 e. The molecule has 9 nitrogen and oxygen atoms in total. The first-order valence-corrected chi connectivity index (χ1v) is 36.5. The maximum absolute atomic E-state index is 13.6. The third-order valence-electron chi connectivity index (χ3n) is 14.8. The molecule has 0 radical (unpaired) electrons. The molecule has 0 aliphatic heterocycles. The van der Waals surface area contributed by atoms with Gasteiger partial charge in [-0.2, -0.15) is 0 Å². The molecule has 0 aliphatic rings. The van der Waals surface area contributed by atoms with Crippen LogP contribution in [0.3, 0.4) is 0 Å². The van der Waals surface area contributed by atoms with Crippen molar-refractivity contribution in [2.75, 3.05) is 40.9 Å². The van der Waals surface area contributed by atoms with Gasteiger partial charge in [0.2, 0.25) is 5.91 Å². The highest BCUT2D eigenvalue weighted by Crippen LogP contribution is 2.38. The van der Waals surface area contributed by atoms with E-state index in [1.165, 1.54) is 109 Å². The second kappa shape index (κ2) is 64.1. The van der Waals surface area contributed by atoms with E-state index in [4.69, 9.17) is 13.8 Å². The predicted octanol–water partition coefficient (Wildman–Crippen LogP) is 21.8. The van der Waals surface area contributed by atoms with Crippen molar-refractivity contribution in [1.82, 2.24) is 5.32 Å². The predicted molar refractivity (Wildman–Crippen MR) is 371 cm³/mol. The first-order valence-electron chi connectivity index (χ1n) is 35.0. The van der Waals surface area contributed by atoms with Gasteiger partial charge in [-0.05, 0) is 128 Å². The molecule has 0 aromatic heterocycles. The van der Waals surface area contributed by atoms with E-state index in [0.29, 0.717) is 23.9 Å². The van der Waals surface area contributed by atoms with Gasteiger partial charge >= 0.3 is 5.97 Å². The molecule has 0 spiro atoms. The van der Waals surface area contributed by atoms with Crippen LogP contribution in [0.15, 0.2) is 134 Å². The maximum Gasteiger partial charge on any atom is 0.306 e. The molecule has 3 unspecified atom stereocenters. The van der Waals surface area contributed by atoms with Crippen molar-refractivity contribution in [3.63, 3.8) is 0 Å². The van der Waals surface area contributed by atoms with Crippen LogP contribution < -0.4 is 10.2 Å². The Labute approximate surface area is 530 Å². The number of hydrogen-bond acceptors (Lipinski definition) is 7. The molecule has 1 N–H and O–H groups in total. The molecular formula is C76H131N2O7P. The Morgan fingerprint density at radius 3 is 1.14 bits per heavy atom. The SMILES string of the molecule is CC/C=C\C/C=C\C/C=C\C/C=C\C/C=C\C/C=C\CCCCCCC(=O)OC(/C=C/CCCCCCCCCCCC)C(COP(=O)([O-])OCC[N+](C)(C)C)NC(=O)CCCCCCCCCCC/C=C\C/C=C\C/C=C\C/C=C\CCCCC. The highest BCUT2D eigenvalue weighted by atomic mass is 31.2. The quantitative estimate of drug-likeness (QED) is 0.0212. The fourth-order valence-corrected chi connectivity index (χ4v) is 10.2. The van der Waals surface area contributed by atoms with Crippen LogP contribution in [0.4, 0.5) is 0 Å². The number of phosphoric ester groups is 1. The Kier molecular flexibility index (Phi) is 61.3. The van der Waals surface area contributed by atoms with E-state index in [1.54, 1.807) is 0 Å².